The summed E-state index contributed by atoms with van der Waals surface area (Å²) in [6.07, 6.45) is 7.29. The van der Waals surface area contributed by atoms with E-state index in [0.717, 1.165) is 37.1 Å². The van der Waals surface area contributed by atoms with Crippen LogP contribution in [0.15, 0.2) is 29.8 Å². The minimum Gasteiger partial charge on any atom is -0.413 e. The maximum Gasteiger partial charge on any atom is 0.147 e. The summed E-state index contributed by atoms with van der Waals surface area (Å²) in [6.45, 7) is 6.37. The van der Waals surface area contributed by atoms with Gasteiger partial charge in [0, 0.05) is 38.1 Å². The van der Waals surface area contributed by atoms with Crippen molar-refractivity contribution in [2.45, 2.75) is 39.8 Å². The van der Waals surface area contributed by atoms with Crippen molar-refractivity contribution in [1.29, 1.82) is 0 Å². The second kappa shape index (κ2) is 6.26. The fourth-order valence-corrected chi connectivity index (χ4v) is 2.07. The van der Waals surface area contributed by atoms with Crippen molar-refractivity contribution in [3.63, 3.8) is 0 Å². The van der Waals surface area contributed by atoms with Gasteiger partial charge in [0.1, 0.15) is 5.49 Å². The lowest BCUT2D eigenvalue weighted by Crippen LogP contribution is -2.22. The van der Waals surface area contributed by atoms with E-state index in [4.69, 9.17) is 0 Å². The van der Waals surface area contributed by atoms with E-state index in [2.05, 4.69) is 9.98 Å². The molecule has 2 aromatic rings. The molecule has 0 atom stereocenters. The van der Waals surface area contributed by atoms with Gasteiger partial charge in [-0.2, -0.15) is 0 Å². The fraction of sp³-hybridized carbons (Fsp3) is 0.538. The van der Waals surface area contributed by atoms with Gasteiger partial charge in [0.25, 0.3) is 0 Å². The van der Waals surface area contributed by atoms with Crippen LogP contribution in [-0.4, -0.2) is 30.8 Å². The molecular formula is C13H21N5O. The van der Waals surface area contributed by atoms with E-state index in [-0.39, 0.29) is 0 Å². The molecule has 0 aliphatic heterocycles. The minimum atomic E-state index is 0.705. The van der Waals surface area contributed by atoms with E-state index >= 15 is 0 Å². The van der Waals surface area contributed by atoms with E-state index in [1.807, 2.05) is 37.0 Å². The molecule has 2 heterocycles. The lowest BCUT2D eigenvalue weighted by atomic mass is 10.3. The van der Waals surface area contributed by atoms with Gasteiger partial charge in [-0.1, -0.05) is 6.92 Å². The third-order valence-electron chi connectivity index (χ3n) is 3.11. The molecule has 104 valence electrons. The zero-order valence-corrected chi connectivity index (χ0v) is 11.5. The molecule has 2 rings (SSSR count). The smallest absolute Gasteiger partial charge is 0.147 e. The van der Waals surface area contributed by atoms with Crippen molar-refractivity contribution >= 4 is 0 Å². The summed E-state index contributed by atoms with van der Waals surface area (Å²) < 4.78 is 3.81. The number of hydrogen-bond donors (Lipinski definition) is 1. The zero-order valence-electron chi connectivity index (χ0n) is 11.5. The van der Waals surface area contributed by atoms with Gasteiger partial charge in [-0.15, -0.1) is 4.85 Å². The molecule has 0 aromatic carbocycles. The molecule has 0 bridgehead atoms. The standard InChI is InChI=1S/C13H21N5O/c1-3-12-10-13(17(4-2)18(12)19)15-6-5-8-16-9-7-14-11-16/h7,9-11,19H,3-6,8H2,1-2H3. The van der Waals surface area contributed by atoms with E-state index in [1.165, 1.54) is 4.85 Å². The predicted molar refractivity (Wildman–Crippen MR) is 71.9 cm³/mol. The molecule has 6 heteroatoms. The molecular weight excluding hydrogens is 242 g/mol. The first-order chi connectivity index (χ1) is 9.26. The summed E-state index contributed by atoms with van der Waals surface area (Å²) in [4.78, 5) is 9.76. The van der Waals surface area contributed by atoms with Gasteiger partial charge in [-0.05, 0) is 19.8 Å². The Hall–Kier alpha value is -1.98. The van der Waals surface area contributed by atoms with Crippen LogP contribution in [0.4, 0.5) is 0 Å². The quantitative estimate of drug-likeness (QED) is 0.630. The monoisotopic (exact) mass is 263 g/mol. The highest BCUT2D eigenvalue weighted by atomic mass is 16.5. The lowest BCUT2D eigenvalue weighted by Gasteiger charge is -2.05. The summed E-state index contributed by atoms with van der Waals surface area (Å²) >= 11 is 0. The minimum absolute atomic E-state index is 0.705. The second-order valence-electron chi connectivity index (χ2n) is 4.39. The second-order valence-corrected chi connectivity index (χ2v) is 4.39. The number of rotatable bonds is 6. The van der Waals surface area contributed by atoms with Crippen molar-refractivity contribution in [2.24, 2.45) is 4.99 Å². The molecule has 0 aliphatic carbocycles. The molecule has 0 saturated carbocycles. The molecule has 0 fully saturated rings. The Morgan fingerprint density at radius 1 is 1.37 bits per heavy atom. The van der Waals surface area contributed by atoms with E-state index in [1.54, 1.807) is 10.9 Å². The maximum absolute atomic E-state index is 9.92. The molecule has 0 spiro atoms. The highest BCUT2D eigenvalue weighted by Gasteiger charge is 2.05. The summed E-state index contributed by atoms with van der Waals surface area (Å²) in [5.41, 5.74) is 1.72. The van der Waals surface area contributed by atoms with Crippen molar-refractivity contribution < 1.29 is 5.21 Å². The molecule has 19 heavy (non-hydrogen) atoms. The Kier molecular flexibility index (Phi) is 4.43. The number of imidazole rings is 1. The van der Waals surface area contributed by atoms with Crippen LogP contribution in [0.3, 0.4) is 0 Å². The first-order valence-corrected chi connectivity index (χ1v) is 6.73. The Morgan fingerprint density at radius 2 is 2.21 bits per heavy atom. The summed E-state index contributed by atoms with van der Waals surface area (Å²) in [5, 5.41) is 9.92. The molecule has 6 nitrogen and oxygen atoms in total. The number of nitrogens with zero attached hydrogens (tertiary/aromatic N) is 5. The number of aromatic nitrogens is 4. The topological polar surface area (TPSA) is 60.3 Å². The van der Waals surface area contributed by atoms with E-state index in [9.17, 15) is 5.21 Å². The van der Waals surface area contributed by atoms with Crippen LogP contribution in [-0.2, 0) is 19.5 Å². The van der Waals surface area contributed by atoms with Gasteiger partial charge in [0.15, 0.2) is 0 Å². The summed E-state index contributed by atoms with van der Waals surface area (Å²) in [7, 11) is 0. The Morgan fingerprint density at radius 3 is 2.84 bits per heavy atom. The van der Waals surface area contributed by atoms with Gasteiger partial charge >= 0.3 is 0 Å². The largest absolute Gasteiger partial charge is 0.413 e. The summed E-state index contributed by atoms with van der Waals surface area (Å²) in [5.74, 6) is 0. The Balaban J connectivity index is 2.02. The van der Waals surface area contributed by atoms with Gasteiger partial charge in [-0.3, -0.25) is 4.99 Å². The van der Waals surface area contributed by atoms with Crippen LogP contribution in [0.25, 0.3) is 0 Å². The number of aryl methyl sites for hydroxylation is 2. The third kappa shape index (κ3) is 3.07. The highest BCUT2D eigenvalue weighted by Crippen LogP contribution is 1.97. The van der Waals surface area contributed by atoms with Crippen LogP contribution in [0.1, 0.15) is 26.0 Å². The van der Waals surface area contributed by atoms with Crippen molar-refractivity contribution in [1.82, 2.24) is 19.1 Å². The molecule has 1 N–H and O–H groups in total. The van der Waals surface area contributed by atoms with Gasteiger partial charge in [0.05, 0.1) is 12.0 Å². The predicted octanol–water partition coefficient (Wildman–Crippen LogP) is 1.30. The Labute approximate surface area is 112 Å². The van der Waals surface area contributed by atoms with E-state index in [0.29, 0.717) is 6.54 Å². The first kappa shape index (κ1) is 13.5. The molecule has 0 saturated heterocycles. The van der Waals surface area contributed by atoms with E-state index < -0.39 is 0 Å². The molecule has 0 aliphatic rings. The van der Waals surface area contributed by atoms with Crippen molar-refractivity contribution in [3.8, 4) is 0 Å². The van der Waals surface area contributed by atoms with Crippen LogP contribution >= 0.6 is 0 Å². The Bertz CT molecular complexity index is 564. The third-order valence-corrected chi connectivity index (χ3v) is 3.11. The van der Waals surface area contributed by atoms with Gasteiger partial charge < -0.3 is 9.77 Å². The lowest BCUT2D eigenvalue weighted by molar-refractivity contribution is 0.0995. The van der Waals surface area contributed by atoms with Crippen LogP contribution in [0.5, 0.6) is 0 Å². The van der Waals surface area contributed by atoms with Gasteiger partial charge in [-0.25, -0.2) is 9.67 Å². The van der Waals surface area contributed by atoms with Crippen LogP contribution < -0.4 is 5.49 Å². The summed E-state index contributed by atoms with van der Waals surface area (Å²) in [6, 6.07) is 1.95. The average molecular weight is 263 g/mol. The highest BCUT2D eigenvalue weighted by molar-refractivity contribution is 4.99. The first-order valence-electron chi connectivity index (χ1n) is 6.73. The number of hydrogen-bond acceptors (Lipinski definition) is 3. The SMILES string of the molecule is CCc1cc(=NCCCn2ccnc2)n(CC)n1O. The van der Waals surface area contributed by atoms with Crippen molar-refractivity contribution in [2.75, 3.05) is 6.54 Å². The van der Waals surface area contributed by atoms with Crippen LogP contribution in [0, 0.1) is 0 Å². The van der Waals surface area contributed by atoms with Crippen LogP contribution in [0.2, 0.25) is 0 Å². The molecule has 2 aromatic heterocycles. The molecule has 0 unspecified atom stereocenters. The normalized spacial score (nSPS) is 12.2. The molecule has 0 radical (unpaired) electrons. The zero-order chi connectivity index (χ0) is 13.7. The maximum atomic E-state index is 9.92. The average Bonchev–Trinajstić information content (AvgIpc) is 3.02. The fourth-order valence-electron chi connectivity index (χ4n) is 2.07. The van der Waals surface area contributed by atoms with Gasteiger partial charge in [0.2, 0.25) is 0 Å². The van der Waals surface area contributed by atoms with Crippen molar-refractivity contribution in [3.05, 3.63) is 36.0 Å². The molecule has 0 amide bonds.